The van der Waals surface area contributed by atoms with Crippen molar-refractivity contribution in [1.82, 2.24) is 0 Å². The molecule has 0 heterocycles. The second-order valence-electron chi connectivity index (χ2n) is 3.01. The first kappa shape index (κ1) is 13.3. The molecule has 0 spiro atoms. The Labute approximate surface area is 85.3 Å². The van der Waals surface area contributed by atoms with E-state index < -0.39 is 24.4 Å². The Morgan fingerprint density at radius 2 is 1.27 bits per heavy atom. The summed E-state index contributed by atoms with van der Waals surface area (Å²) >= 11 is 0. The monoisotopic (exact) mass is 215 g/mol. The van der Waals surface area contributed by atoms with Gasteiger partial charge in [-0.3, -0.25) is 0 Å². The quantitative estimate of drug-likeness (QED) is 0.723. The van der Waals surface area contributed by atoms with Crippen LogP contribution in [0.25, 0.3) is 0 Å². The van der Waals surface area contributed by atoms with E-state index in [2.05, 4.69) is 0 Å². The van der Waals surface area contributed by atoms with Gasteiger partial charge in [-0.2, -0.15) is 29.0 Å². The van der Waals surface area contributed by atoms with E-state index in [1.54, 1.807) is 12.1 Å². The third kappa shape index (κ3) is 3.14. The van der Waals surface area contributed by atoms with Crippen molar-refractivity contribution in [3.63, 3.8) is 0 Å². The molecule has 0 bridgehead atoms. The minimum absolute atomic E-state index is 0.349. The van der Waals surface area contributed by atoms with E-state index in [-0.39, 0.29) is 12.8 Å². The Bertz CT molecular complexity index is 308. The van der Waals surface area contributed by atoms with Crippen molar-refractivity contribution in [1.29, 1.82) is 15.8 Å². The van der Waals surface area contributed by atoms with E-state index in [9.17, 15) is 13.2 Å². The average molecular weight is 215 g/mol. The molecule has 0 saturated heterocycles. The number of nitriles is 3. The van der Waals surface area contributed by atoms with E-state index in [0.29, 0.717) is 0 Å². The van der Waals surface area contributed by atoms with Crippen LogP contribution in [0, 0.1) is 39.4 Å². The van der Waals surface area contributed by atoms with E-state index in [1.165, 1.54) is 6.07 Å². The first-order valence-corrected chi connectivity index (χ1v) is 4.15. The molecular formula is C9H8F3N3. The van der Waals surface area contributed by atoms with Gasteiger partial charge in [-0.1, -0.05) is 0 Å². The molecule has 0 aliphatic rings. The third-order valence-corrected chi connectivity index (χ3v) is 2.08. The molecule has 0 aromatic heterocycles. The van der Waals surface area contributed by atoms with Gasteiger partial charge in [0.2, 0.25) is 0 Å². The van der Waals surface area contributed by atoms with Gasteiger partial charge in [0.05, 0.1) is 18.2 Å². The van der Waals surface area contributed by atoms with E-state index in [1.807, 2.05) is 0 Å². The van der Waals surface area contributed by atoms with Gasteiger partial charge in [-0.05, 0) is 12.8 Å². The minimum Gasteiger partial charge on any atom is -0.198 e. The second kappa shape index (κ2) is 5.22. The Hall–Kier alpha value is -1.74. The molecule has 0 aromatic rings. The number of hydrogen-bond acceptors (Lipinski definition) is 3. The van der Waals surface area contributed by atoms with Crippen LogP contribution in [0.3, 0.4) is 0 Å². The normalized spacial score (nSPS) is 11.2. The van der Waals surface area contributed by atoms with Gasteiger partial charge in [0.15, 0.2) is 5.41 Å². The minimum atomic E-state index is -4.70. The molecule has 0 rings (SSSR count). The molecule has 0 radical (unpaired) electrons. The molecule has 0 fully saturated rings. The number of rotatable bonds is 4. The predicted molar refractivity (Wildman–Crippen MR) is 43.8 cm³/mol. The maximum absolute atomic E-state index is 12.6. The number of hydrogen-bond donors (Lipinski definition) is 0. The zero-order valence-corrected chi connectivity index (χ0v) is 7.80. The van der Waals surface area contributed by atoms with Crippen LogP contribution < -0.4 is 0 Å². The van der Waals surface area contributed by atoms with Crippen LogP contribution in [-0.4, -0.2) is 6.18 Å². The standard InChI is InChI=1S/C9H8F3N3/c10-9(11,12)8(7-15,3-1-5-13)4-2-6-14/h1-4H2. The lowest BCUT2D eigenvalue weighted by atomic mass is 9.80. The number of alkyl halides is 3. The van der Waals surface area contributed by atoms with Crippen LogP contribution in [0.15, 0.2) is 0 Å². The Kier molecular flexibility index (Phi) is 4.61. The molecule has 0 aromatic carbocycles. The second-order valence-corrected chi connectivity index (χ2v) is 3.01. The zero-order valence-electron chi connectivity index (χ0n) is 7.80. The highest BCUT2D eigenvalue weighted by molar-refractivity contribution is 5.06. The van der Waals surface area contributed by atoms with Gasteiger partial charge in [0.1, 0.15) is 0 Å². The average Bonchev–Trinajstić information content (AvgIpc) is 2.17. The van der Waals surface area contributed by atoms with Crippen molar-refractivity contribution in [3.05, 3.63) is 0 Å². The molecule has 6 heteroatoms. The fraction of sp³-hybridized carbons (Fsp3) is 0.667. The molecular weight excluding hydrogens is 207 g/mol. The molecule has 0 atom stereocenters. The van der Waals surface area contributed by atoms with Crippen LogP contribution in [0.1, 0.15) is 25.7 Å². The summed E-state index contributed by atoms with van der Waals surface area (Å²) in [5, 5.41) is 25.0. The largest absolute Gasteiger partial charge is 0.407 e. The topological polar surface area (TPSA) is 71.4 Å². The number of halogens is 3. The van der Waals surface area contributed by atoms with E-state index in [0.717, 1.165) is 0 Å². The van der Waals surface area contributed by atoms with Crippen LogP contribution in [0.5, 0.6) is 0 Å². The highest BCUT2D eigenvalue weighted by atomic mass is 19.4. The Morgan fingerprint density at radius 3 is 1.47 bits per heavy atom. The lowest BCUT2D eigenvalue weighted by Gasteiger charge is -2.27. The van der Waals surface area contributed by atoms with Crippen LogP contribution >= 0.6 is 0 Å². The Balaban J connectivity index is 4.90. The van der Waals surface area contributed by atoms with Crippen molar-refractivity contribution in [3.8, 4) is 18.2 Å². The van der Waals surface area contributed by atoms with E-state index >= 15 is 0 Å². The van der Waals surface area contributed by atoms with Crippen LogP contribution in [0.4, 0.5) is 13.2 Å². The summed E-state index contributed by atoms with van der Waals surface area (Å²) in [4.78, 5) is 0. The van der Waals surface area contributed by atoms with Gasteiger partial charge in [-0.25, -0.2) is 0 Å². The molecule has 0 aliphatic carbocycles. The van der Waals surface area contributed by atoms with Crippen LogP contribution in [-0.2, 0) is 0 Å². The SMILES string of the molecule is N#CCCC(C#N)(CCC#N)C(F)(F)F. The lowest BCUT2D eigenvalue weighted by molar-refractivity contribution is -0.206. The van der Waals surface area contributed by atoms with Gasteiger partial charge in [0, 0.05) is 12.8 Å². The molecule has 0 unspecified atom stereocenters. The smallest absolute Gasteiger partial charge is 0.198 e. The molecule has 0 amide bonds. The fourth-order valence-electron chi connectivity index (χ4n) is 1.12. The Morgan fingerprint density at radius 1 is 0.867 bits per heavy atom. The summed E-state index contributed by atoms with van der Waals surface area (Å²) in [6.07, 6.45) is -6.55. The first-order chi connectivity index (χ1) is 6.93. The fourth-order valence-corrected chi connectivity index (χ4v) is 1.12. The predicted octanol–water partition coefficient (Wildman–Crippen LogP) is 2.67. The summed E-state index contributed by atoms with van der Waals surface area (Å²) in [6, 6.07) is 4.34. The van der Waals surface area contributed by atoms with Crippen molar-refractivity contribution in [2.45, 2.75) is 31.9 Å². The maximum Gasteiger partial charge on any atom is 0.407 e. The summed E-state index contributed by atoms with van der Waals surface area (Å²) in [5.74, 6) is 0. The van der Waals surface area contributed by atoms with Gasteiger partial charge in [0.25, 0.3) is 0 Å². The summed E-state index contributed by atoms with van der Waals surface area (Å²) in [7, 11) is 0. The van der Waals surface area contributed by atoms with Crippen molar-refractivity contribution < 1.29 is 13.2 Å². The zero-order chi connectivity index (χ0) is 11.9. The van der Waals surface area contributed by atoms with Crippen molar-refractivity contribution in [2.24, 2.45) is 5.41 Å². The number of nitrogens with zero attached hydrogens (tertiary/aromatic N) is 3. The molecule has 3 nitrogen and oxygen atoms in total. The molecule has 80 valence electrons. The third-order valence-electron chi connectivity index (χ3n) is 2.08. The van der Waals surface area contributed by atoms with E-state index in [4.69, 9.17) is 15.8 Å². The molecule has 0 N–H and O–H groups in total. The lowest BCUT2D eigenvalue weighted by Crippen LogP contribution is -2.36. The summed E-state index contributed by atoms with van der Waals surface area (Å²) in [5.41, 5.74) is -2.56. The first-order valence-electron chi connectivity index (χ1n) is 4.15. The summed E-state index contributed by atoms with van der Waals surface area (Å²) in [6.45, 7) is 0. The van der Waals surface area contributed by atoms with Gasteiger partial charge in [-0.15, -0.1) is 0 Å². The van der Waals surface area contributed by atoms with Crippen molar-refractivity contribution >= 4 is 0 Å². The van der Waals surface area contributed by atoms with Crippen molar-refractivity contribution in [2.75, 3.05) is 0 Å². The highest BCUT2D eigenvalue weighted by Gasteiger charge is 2.54. The molecule has 15 heavy (non-hydrogen) atoms. The summed E-state index contributed by atoms with van der Waals surface area (Å²) < 4.78 is 37.7. The van der Waals surface area contributed by atoms with Gasteiger partial charge >= 0.3 is 6.18 Å². The van der Waals surface area contributed by atoms with Crippen LogP contribution in [0.2, 0.25) is 0 Å². The van der Waals surface area contributed by atoms with Gasteiger partial charge < -0.3 is 0 Å². The maximum atomic E-state index is 12.6. The molecule has 0 saturated carbocycles. The molecule has 0 aliphatic heterocycles. The highest BCUT2D eigenvalue weighted by Crippen LogP contribution is 2.44.